The van der Waals surface area contributed by atoms with Crippen molar-refractivity contribution in [3.63, 3.8) is 0 Å². The lowest BCUT2D eigenvalue weighted by atomic mass is 10.2. The average Bonchev–Trinajstić information content (AvgIpc) is 2.88. The molecule has 1 unspecified atom stereocenters. The minimum Gasteiger partial charge on any atom is -0.325 e. The first-order valence-electron chi connectivity index (χ1n) is 7.27. The Kier molecular flexibility index (Phi) is 4.25. The van der Waals surface area contributed by atoms with E-state index in [2.05, 4.69) is 15.3 Å². The molecule has 0 radical (unpaired) electrons. The van der Waals surface area contributed by atoms with Crippen LogP contribution in [0.4, 0.5) is 5.69 Å². The van der Waals surface area contributed by atoms with E-state index in [9.17, 15) is 9.59 Å². The van der Waals surface area contributed by atoms with Gasteiger partial charge in [-0.15, -0.1) is 11.8 Å². The summed E-state index contributed by atoms with van der Waals surface area (Å²) in [5, 5.41) is 2.66. The summed E-state index contributed by atoms with van der Waals surface area (Å²) in [6, 6.07) is 13.4. The second-order valence-corrected chi connectivity index (χ2v) is 6.82. The number of hydrogen-bond acceptors (Lipinski definition) is 3. The summed E-state index contributed by atoms with van der Waals surface area (Å²) in [6.45, 7) is 3.91. The van der Waals surface area contributed by atoms with E-state index in [1.807, 2.05) is 38.1 Å². The van der Waals surface area contributed by atoms with Crippen LogP contribution in [0.15, 0.2) is 52.2 Å². The number of hydrogen-bond donors (Lipinski definition) is 3. The molecule has 0 fully saturated rings. The normalized spacial score (nSPS) is 12.3. The number of H-pyrrole nitrogens is 2. The van der Waals surface area contributed by atoms with E-state index in [1.54, 1.807) is 18.2 Å². The summed E-state index contributed by atoms with van der Waals surface area (Å²) in [6.07, 6.45) is 0. The molecule has 0 aliphatic rings. The summed E-state index contributed by atoms with van der Waals surface area (Å²) in [4.78, 5) is 30.0. The van der Waals surface area contributed by atoms with Crippen LogP contribution in [0.3, 0.4) is 0 Å². The van der Waals surface area contributed by atoms with Crippen LogP contribution in [0.1, 0.15) is 12.5 Å². The molecule has 0 aliphatic carbocycles. The van der Waals surface area contributed by atoms with Gasteiger partial charge >= 0.3 is 5.69 Å². The van der Waals surface area contributed by atoms with Crippen molar-refractivity contribution in [2.24, 2.45) is 0 Å². The summed E-state index contributed by atoms with van der Waals surface area (Å²) in [5.74, 6) is -0.0761. The topological polar surface area (TPSA) is 77.8 Å². The molecule has 118 valence electrons. The quantitative estimate of drug-likeness (QED) is 0.644. The zero-order chi connectivity index (χ0) is 16.4. The fraction of sp³-hybridized carbons (Fsp3) is 0.176. The van der Waals surface area contributed by atoms with Gasteiger partial charge in [-0.1, -0.05) is 17.7 Å². The molecule has 0 spiro atoms. The van der Waals surface area contributed by atoms with Crippen molar-refractivity contribution in [2.75, 3.05) is 5.32 Å². The van der Waals surface area contributed by atoms with Gasteiger partial charge in [-0.25, -0.2) is 4.79 Å². The summed E-state index contributed by atoms with van der Waals surface area (Å²) < 4.78 is 0. The number of aromatic amines is 2. The van der Waals surface area contributed by atoms with E-state index in [0.29, 0.717) is 11.2 Å². The lowest BCUT2D eigenvalue weighted by Gasteiger charge is -2.12. The van der Waals surface area contributed by atoms with Crippen LogP contribution in [-0.4, -0.2) is 21.1 Å². The minimum absolute atomic E-state index is 0.0761. The maximum absolute atomic E-state index is 12.3. The van der Waals surface area contributed by atoms with Crippen molar-refractivity contribution in [2.45, 2.75) is 24.0 Å². The zero-order valence-electron chi connectivity index (χ0n) is 12.8. The predicted molar refractivity (Wildman–Crippen MR) is 94.0 cm³/mol. The highest BCUT2D eigenvalue weighted by Crippen LogP contribution is 2.24. The molecule has 23 heavy (non-hydrogen) atoms. The molecule has 5 nitrogen and oxygen atoms in total. The summed E-state index contributed by atoms with van der Waals surface area (Å²) >= 11 is 1.51. The number of thioether (sulfide) groups is 1. The van der Waals surface area contributed by atoms with E-state index in [0.717, 1.165) is 10.4 Å². The van der Waals surface area contributed by atoms with Crippen LogP contribution in [0.5, 0.6) is 0 Å². The number of carbonyl (C=O) groups excluding carboxylic acids is 1. The van der Waals surface area contributed by atoms with Crippen molar-refractivity contribution in [1.82, 2.24) is 9.97 Å². The largest absolute Gasteiger partial charge is 0.325 e. The van der Waals surface area contributed by atoms with Gasteiger partial charge in [0.05, 0.1) is 16.3 Å². The standard InChI is InChI=1S/C17H17N3O2S/c1-10-3-6-13(7-4-10)23-11(2)16(21)18-12-5-8-14-15(9-12)20-17(22)19-14/h3-9,11H,1-2H3,(H,18,21)(H2,19,20,22). The second kappa shape index (κ2) is 6.34. The van der Waals surface area contributed by atoms with E-state index >= 15 is 0 Å². The van der Waals surface area contributed by atoms with Crippen LogP contribution < -0.4 is 11.0 Å². The third-order valence-corrected chi connectivity index (χ3v) is 4.60. The lowest BCUT2D eigenvalue weighted by molar-refractivity contribution is -0.115. The first-order chi connectivity index (χ1) is 11.0. The first kappa shape index (κ1) is 15.4. The number of aryl methyl sites for hydroxylation is 1. The van der Waals surface area contributed by atoms with Gasteiger partial charge in [0.2, 0.25) is 5.91 Å². The van der Waals surface area contributed by atoms with Crippen molar-refractivity contribution in [1.29, 1.82) is 0 Å². The molecule has 0 bridgehead atoms. The van der Waals surface area contributed by atoms with Gasteiger partial charge in [-0.2, -0.15) is 0 Å². The van der Waals surface area contributed by atoms with Crippen LogP contribution in [0.25, 0.3) is 11.0 Å². The Hall–Kier alpha value is -2.47. The maximum atomic E-state index is 12.3. The molecule has 2 aromatic carbocycles. The van der Waals surface area contributed by atoms with Gasteiger partial charge in [0.25, 0.3) is 0 Å². The van der Waals surface area contributed by atoms with E-state index in [4.69, 9.17) is 0 Å². The molecule has 3 N–H and O–H groups in total. The Morgan fingerprint density at radius 2 is 1.78 bits per heavy atom. The maximum Gasteiger partial charge on any atom is 0.323 e. The Bertz CT molecular complexity index is 896. The highest BCUT2D eigenvalue weighted by molar-refractivity contribution is 8.00. The third-order valence-electron chi connectivity index (χ3n) is 3.49. The van der Waals surface area contributed by atoms with Gasteiger partial charge < -0.3 is 15.3 Å². The molecule has 3 aromatic rings. The molecule has 1 atom stereocenters. The van der Waals surface area contributed by atoms with Crippen molar-refractivity contribution in [3.05, 3.63) is 58.5 Å². The van der Waals surface area contributed by atoms with Crippen molar-refractivity contribution >= 4 is 34.4 Å². The van der Waals surface area contributed by atoms with Crippen LogP contribution in [-0.2, 0) is 4.79 Å². The minimum atomic E-state index is -0.258. The second-order valence-electron chi connectivity index (χ2n) is 5.40. The van der Waals surface area contributed by atoms with Gasteiger partial charge in [-0.3, -0.25) is 4.79 Å². The van der Waals surface area contributed by atoms with E-state index < -0.39 is 0 Å². The Morgan fingerprint density at radius 1 is 1.09 bits per heavy atom. The molecule has 3 rings (SSSR count). The van der Waals surface area contributed by atoms with Crippen LogP contribution in [0.2, 0.25) is 0 Å². The zero-order valence-corrected chi connectivity index (χ0v) is 13.7. The van der Waals surface area contributed by atoms with E-state index in [1.165, 1.54) is 17.3 Å². The Labute approximate surface area is 137 Å². The molecule has 1 heterocycles. The van der Waals surface area contributed by atoms with Crippen LogP contribution in [0, 0.1) is 6.92 Å². The smallest absolute Gasteiger partial charge is 0.323 e. The molecule has 6 heteroatoms. The number of amides is 1. The number of rotatable bonds is 4. The van der Waals surface area contributed by atoms with Gasteiger partial charge in [0.1, 0.15) is 0 Å². The van der Waals surface area contributed by atoms with Gasteiger partial charge in [-0.05, 0) is 44.2 Å². The number of imidazole rings is 1. The van der Waals surface area contributed by atoms with Gasteiger partial charge in [0.15, 0.2) is 0 Å². The fourth-order valence-electron chi connectivity index (χ4n) is 2.23. The number of nitrogens with one attached hydrogen (secondary N) is 3. The monoisotopic (exact) mass is 327 g/mol. The molecular weight excluding hydrogens is 310 g/mol. The number of fused-ring (bicyclic) bond motifs is 1. The molecule has 0 saturated heterocycles. The SMILES string of the molecule is Cc1ccc(SC(C)C(=O)Nc2ccc3[nH]c(=O)[nH]c3c2)cc1. The number of carbonyl (C=O) groups is 1. The van der Waals surface area contributed by atoms with Crippen molar-refractivity contribution < 1.29 is 4.79 Å². The van der Waals surface area contributed by atoms with Crippen molar-refractivity contribution in [3.8, 4) is 0 Å². The fourth-order valence-corrected chi connectivity index (χ4v) is 3.10. The molecule has 0 aliphatic heterocycles. The average molecular weight is 327 g/mol. The van der Waals surface area contributed by atoms with E-state index in [-0.39, 0.29) is 16.8 Å². The number of benzene rings is 2. The Morgan fingerprint density at radius 3 is 2.52 bits per heavy atom. The summed E-state index contributed by atoms with van der Waals surface area (Å²) in [7, 11) is 0. The summed E-state index contributed by atoms with van der Waals surface area (Å²) in [5.41, 5.74) is 2.99. The predicted octanol–water partition coefficient (Wildman–Crippen LogP) is 3.28. The highest BCUT2D eigenvalue weighted by Gasteiger charge is 2.15. The first-order valence-corrected chi connectivity index (χ1v) is 8.15. The lowest BCUT2D eigenvalue weighted by Crippen LogP contribution is -2.22. The highest BCUT2D eigenvalue weighted by atomic mass is 32.2. The number of anilines is 1. The molecule has 1 aromatic heterocycles. The van der Waals surface area contributed by atoms with Crippen LogP contribution >= 0.6 is 11.8 Å². The third kappa shape index (κ3) is 3.65. The molecule has 1 amide bonds. The number of aromatic nitrogens is 2. The Balaban J connectivity index is 1.69. The molecular formula is C17H17N3O2S. The molecule has 0 saturated carbocycles. The van der Waals surface area contributed by atoms with Gasteiger partial charge in [0, 0.05) is 10.6 Å².